The molecule has 0 aliphatic heterocycles. The summed E-state index contributed by atoms with van der Waals surface area (Å²) >= 11 is 0. The minimum atomic E-state index is -0.306. The Bertz CT molecular complexity index is 777. The van der Waals surface area contributed by atoms with E-state index in [2.05, 4.69) is 22.4 Å². The number of para-hydroxylation sites is 1. The van der Waals surface area contributed by atoms with Crippen LogP contribution < -0.4 is 5.32 Å². The molecule has 1 N–H and O–H groups in total. The molecule has 0 aliphatic rings. The molecule has 3 aromatic rings. The Kier molecular flexibility index (Phi) is 3.91. The van der Waals surface area contributed by atoms with E-state index >= 15 is 0 Å². The van der Waals surface area contributed by atoms with E-state index in [4.69, 9.17) is 4.52 Å². The molecule has 1 atom stereocenters. The van der Waals surface area contributed by atoms with Gasteiger partial charge in [0.15, 0.2) is 5.82 Å². The highest BCUT2D eigenvalue weighted by Crippen LogP contribution is 2.21. The maximum absolute atomic E-state index is 12.6. The average Bonchev–Trinajstić information content (AvgIpc) is 3.16. The van der Waals surface area contributed by atoms with Gasteiger partial charge in [0.05, 0.1) is 6.04 Å². The van der Waals surface area contributed by atoms with Crippen LogP contribution in [0.5, 0.6) is 0 Å². The Balaban J connectivity index is 1.91. The van der Waals surface area contributed by atoms with Crippen molar-refractivity contribution in [2.24, 2.45) is 0 Å². The first-order valence-electron chi connectivity index (χ1n) is 7.36. The van der Waals surface area contributed by atoms with Crippen LogP contribution in [0.4, 0.5) is 0 Å². The largest absolute Gasteiger partial charge is 0.343 e. The summed E-state index contributed by atoms with van der Waals surface area (Å²) in [5.74, 6) is 0.327. The Morgan fingerprint density at radius 2 is 2.23 bits per heavy atom. The number of hydrogen-bond donors (Lipinski definition) is 1. The zero-order chi connectivity index (χ0) is 15.5. The van der Waals surface area contributed by atoms with E-state index in [1.807, 2.05) is 41.8 Å². The number of benzene rings is 1. The fraction of sp³-hybridized carbons (Fsp3) is 0.312. The molecule has 2 aromatic heterocycles. The summed E-state index contributed by atoms with van der Waals surface area (Å²) in [6.45, 7) is 4.72. The molecule has 0 bridgehead atoms. The van der Waals surface area contributed by atoms with Crippen LogP contribution in [0.15, 0.2) is 41.2 Å². The molecule has 0 saturated carbocycles. The van der Waals surface area contributed by atoms with Crippen molar-refractivity contribution in [3.63, 3.8) is 0 Å². The second kappa shape index (κ2) is 6.01. The number of rotatable bonds is 5. The highest BCUT2D eigenvalue weighted by molar-refractivity contribution is 5.98. The Labute approximate surface area is 128 Å². The van der Waals surface area contributed by atoms with Crippen molar-refractivity contribution in [3.8, 4) is 0 Å². The van der Waals surface area contributed by atoms with E-state index in [1.165, 1.54) is 6.39 Å². The van der Waals surface area contributed by atoms with E-state index in [-0.39, 0.29) is 11.9 Å². The van der Waals surface area contributed by atoms with Crippen molar-refractivity contribution in [1.82, 2.24) is 20.0 Å². The first kappa shape index (κ1) is 14.3. The summed E-state index contributed by atoms with van der Waals surface area (Å²) in [7, 11) is 0. The maximum Gasteiger partial charge on any atom is 0.268 e. The Morgan fingerprint density at radius 3 is 2.95 bits per heavy atom. The molecule has 6 nitrogen and oxygen atoms in total. The number of carbonyl (C=O) groups is 1. The summed E-state index contributed by atoms with van der Waals surface area (Å²) in [5.41, 5.74) is 1.72. The fourth-order valence-electron chi connectivity index (χ4n) is 2.57. The number of nitrogens with one attached hydrogen (secondary N) is 1. The molecule has 22 heavy (non-hydrogen) atoms. The molecule has 1 amide bonds. The van der Waals surface area contributed by atoms with Crippen molar-refractivity contribution in [1.29, 1.82) is 0 Å². The van der Waals surface area contributed by atoms with Crippen LogP contribution in [-0.2, 0) is 6.54 Å². The van der Waals surface area contributed by atoms with Gasteiger partial charge >= 0.3 is 0 Å². The van der Waals surface area contributed by atoms with Gasteiger partial charge in [-0.15, -0.1) is 0 Å². The third kappa shape index (κ3) is 2.59. The summed E-state index contributed by atoms with van der Waals surface area (Å²) < 4.78 is 6.76. The van der Waals surface area contributed by atoms with Gasteiger partial charge in [-0.2, -0.15) is 4.98 Å². The molecule has 0 radical (unpaired) electrons. The number of aryl methyl sites for hydroxylation is 1. The number of hydrogen-bond acceptors (Lipinski definition) is 4. The predicted octanol–water partition coefficient (Wildman–Crippen LogP) is 2.93. The molecule has 2 heterocycles. The molecule has 0 fully saturated rings. The smallest absolute Gasteiger partial charge is 0.268 e. The van der Waals surface area contributed by atoms with Crippen LogP contribution >= 0.6 is 0 Å². The normalized spacial score (nSPS) is 12.5. The van der Waals surface area contributed by atoms with Crippen LogP contribution in [0.2, 0.25) is 0 Å². The number of aromatic nitrogens is 3. The topological polar surface area (TPSA) is 73.0 Å². The monoisotopic (exact) mass is 298 g/mol. The zero-order valence-electron chi connectivity index (χ0n) is 12.6. The van der Waals surface area contributed by atoms with Crippen molar-refractivity contribution in [2.75, 3.05) is 0 Å². The van der Waals surface area contributed by atoms with Crippen molar-refractivity contribution >= 4 is 16.8 Å². The lowest BCUT2D eigenvalue weighted by Crippen LogP contribution is -2.29. The number of fused-ring (bicyclic) bond motifs is 1. The van der Waals surface area contributed by atoms with Gasteiger partial charge in [0.25, 0.3) is 5.91 Å². The Morgan fingerprint density at radius 1 is 1.41 bits per heavy atom. The van der Waals surface area contributed by atoms with Crippen LogP contribution in [0.3, 0.4) is 0 Å². The maximum atomic E-state index is 12.6. The van der Waals surface area contributed by atoms with E-state index in [0.29, 0.717) is 11.5 Å². The van der Waals surface area contributed by atoms with E-state index in [1.54, 1.807) is 0 Å². The number of amides is 1. The van der Waals surface area contributed by atoms with Gasteiger partial charge in [0.1, 0.15) is 5.69 Å². The van der Waals surface area contributed by atoms with Gasteiger partial charge in [0.2, 0.25) is 6.39 Å². The summed E-state index contributed by atoms with van der Waals surface area (Å²) in [6.07, 6.45) is 2.21. The summed E-state index contributed by atoms with van der Waals surface area (Å²) in [5, 5.41) is 7.73. The standard InChI is InChI=1S/C16H18N4O2/c1-3-8-20-13-7-5-4-6-12(13)9-14(20)16(21)18-11(2)15-17-10-22-19-15/h4-7,9-11H,3,8H2,1-2H3,(H,18,21). The molecule has 1 unspecified atom stereocenters. The fourth-order valence-corrected chi connectivity index (χ4v) is 2.57. The average molecular weight is 298 g/mol. The van der Waals surface area contributed by atoms with Gasteiger partial charge in [-0.25, -0.2) is 0 Å². The zero-order valence-corrected chi connectivity index (χ0v) is 12.6. The Hall–Kier alpha value is -2.63. The summed E-state index contributed by atoms with van der Waals surface area (Å²) in [6, 6.07) is 9.62. The molecule has 0 spiro atoms. The molecule has 6 heteroatoms. The van der Waals surface area contributed by atoms with Crippen LogP contribution in [-0.4, -0.2) is 20.6 Å². The molecule has 1 aromatic carbocycles. The molecular formula is C16H18N4O2. The predicted molar refractivity (Wildman–Crippen MR) is 82.4 cm³/mol. The van der Waals surface area contributed by atoms with Gasteiger partial charge < -0.3 is 14.4 Å². The van der Waals surface area contributed by atoms with Crippen LogP contribution in [0, 0.1) is 0 Å². The minimum absolute atomic E-state index is 0.137. The quantitative estimate of drug-likeness (QED) is 0.786. The van der Waals surface area contributed by atoms with Gasteiger partial charge in [0, 0.05) is 17.4 Å². The van der Waals surface area contributed by atoms with E-state index in [0.717, 1.165) is 23.9 Å². The molecule has 3 rings (SSSR count). The first-order valence-corrected chi connectivity index (χ1v) is 7.36. The third-order valence-electron chi connectivity index (χ3n) is 3.60. The lowest BCUT2D eigenvalue weighted by molar-refractivity contribution is 0.0929. The third-order valence-corrected chi connectivity index (χ3v) is 3.60. The lowest BCUT2D eigenvalue weighted by Gasteiger charge is -2.12. The first-order chi connectivity index (χ1) is 10.7. The molecule has 0 saturated heterocycles. The SMILES string of the molecule is CCCn1c(C(=O)NC(C)c2ncon2)cc2ccccc21. The highest BCUT2D eigenvalue weighted by atomic mass is 16.5. The van der Waals surface area contributed by atoms with Crippen LogP contribution in [0.1, 0.15) is 42.6 Å². The van der Waals surface area contributed by atoms with Crippen molar-refractivity contribution < 1.29 is 9.32 Å². The van der Waals surface area contributed by atoms with E-state index in [9.17, 15) is 4.79 Å². The highest BCUT2D eigenvalue weighted by Gasteiger charge is 2.19. The van der Waals surface area contributed by atoms with Gasteiger partial charge in [-0.3, -0.25) is 4.79 Å². The summed E-state index contributed by atoms with van der Waals surface area (Å²) in [4.78, 5) is 16.6. The second-order valence-electron chi connectivity index (χ2n) is 5.22. The van der Waals surface area contributed by atoms with Gasteiger partial charge in [-0.05, 0) is 25.5 Å². The lowest BCUT2D eigenvalue weighted by atomic mass is 10.2. The molecule has 114 valence electrons. The van der Waals surface area contributed by atoms with Crippen molar-refractivity contribution in [2.45, 2.75) is 32.9 Å². The van der Waals surface area contributed by atoms with E-state index < -0.39 is 0 Å². The number of nitrogens with zero attached hydrogens (tertiary/aromatic N) is 3. The van der Waals surface area contributed by atoms with Crippen molar-refractivity contribution in [3.05, 3.63) is 48.2 Å². The van der Waals surface area contributed by atoms with Gasteiger partial charge in [-0.1, -0.05) is 30.3 Å². The van der Waals surface area contributed by atoms with Crippen LogP contribution in [0.25, 0.3) is 10.9 Å². The molecule has 0 aliphatic carbocycles. The second-order valence-corrected chi connectivity index (χ2v) is 5.22. The molecular weight excluding hydrogens is 280 g/mol. The minimum Gasteiger partial charge on any atom is -0.343 e. The number of carbonyl (C=O) groups excluding carboxylic acids is 1.